The van der Waals surface area contributed by atoms with E-state index in [0.29, 0.717) is 11.0 Å². The second kappa shape index (κ2) is 4.27. The van der Waals surface area contributed by atoms with Crippen molar-refractivity contribution in [2.45, 2.75) is 6.16 Å². The van der Waals surface area contributed by atoms with E-state index in [0.717, 1.165) is 15.6 Å². The quantitative estimate of drug-likeness (QED) is 0.805. The SMILES string of the molecule is NC(=O)c1cc2cc(CPO)ccc2s1. The highest BCUT2D eigenvalue weighted by atomic mass is 32.1. The number of benzene rings is 1. The summed E-state index contributed by atoms with van der Waals surface area (Å²) in [6, 6.07) is 7.71. The van der Waals surface area contributed by atoms with Gasteiger partial charge in [0.15, 0.2) is 0 Å². The molecule has 3 N–H and O–H groups in total. The standard InChI is InChI=1S/C10H10NO2PS/c11-10(12)9-4-7-3-6(5-14-13)1-2-8(7)15-9/h1-4,13-14H,5H2,(H2,11,12). The first kappa shape index (κ1) is 10.6. The van der Waals surface area contributed by atoms with Crippen LogP contribution in [0.25, 0.3) is 10.1 Å². The van der Waals surface area contributed by atoms with Crippen LogP contribution in [0.1, 0.15) is 15.2 Å². The van der Waals surface area contributed by atoms with Crippen molar-refractivity contribution in [3.8, 4) is 0 Å². The summed E-state index contributed by atoms with van der Waals surface area (Å²) in [5, 5.41) is 1.02. The second-order valence-corrected chi connectivity index (χ2v) is 4.94. The molecule has 1 amide bonds. The predicted molar refractivity (Wildman–Crippen MR) is 64.6 cm³/mol. The molecule has 0 bridgehead atoms. The van der Waals surface area contributed by atoms with Crippen LogP contribution in [0.4, 0.5) is 0 Å². The Balaban J connectivity index is 2.47. The van der Waals surface area contributed by atoms with Gasteiger partial charge in [-0.25, -0.2) is 0 Å². The zero-order chi connectivity index (χ0) is 10.8. The molecule has 1 unspecified atom stereocenters. The molecule has 0 saturated carbocycles. The van der Waals surface area contributed by atoms with Crippen LogP contribution < -0.4 is 5.73 Å². The Hall–Kier alpha value is -0.960. The zero-order valence-electron chi connectivity index (χ0n) is 7.86. The fourth-order valence-electron chi connectivity index (χ4n) is 1.42. The van der Waals surface area contributed by atoms with Crippen LogP contribution >= 0.6 is 20.1 Å². The molecule has 0 fully saturated rings. The number of thiophene rings is 1. The van der Waals surface area contributed by atoms with E-state index in [2.05, 4.69) is 0 Å². The van der Waals surface area contributed by atoms with Crippen LogP contribution in [0.5, 0.6) is 0 Å². The van der Waals surface area contributed by atoms with E-state index in [1.54, 1.807) is 6.07 Å². The van der Waals surface area contributed by atoms with Crippen LogP contribution in [-0.4, -0.2) is 10.8 Å². The van der Waals surface area contributed by atoms with Crippen molar-refractivity contribution in [3.05, 3.63) is 34.7 Å². The van der Waals surface area contributed by atoms with Crippen molar-refractivity contribution >= 4 is 36.1 Å². The Kier molecular flexibility index (Phi) is 3.00. The average Bonchev–Trinajstić information content (AvgIpc) is 2.61. The van der Waals surface area contributed by atoms with Crippen LogP contribution in [0, 0.1) is 0 Å². The van der Waals surface area contributed by atoms with Gasteiger partial charge in [0.05, 0.1) is 4.88 Å². The lowest BCUT2D eigenvalue weighted by Gasteiger charge is -1.96. The summed E-state index contributed by atoms with van der Waals surface area (Å²) in [6.07, 6.45) is 0.664. The van der Waals surface area contributed by atoms with Crippen molar-refractivity contribution in [3.63, 3.8) is 0 Å². The number of carbonyl (C=O) groups excluding carboxylic acids is 1. The van der Waals surface area contributed by atoms with Gasteiger partial charge in [-0.3, -0.25) is 4.79 Å². The number of hydrogen-bond donors (Lipinski definition) is 2. The van der Waals surface area contributed by atoms with Gasteiger partial charge in [-0.1, -0.05) is 6.07 Å². The molecule has 0 spiro atoms. The van der Waals surface area contributed by atoms with Crippen molar-refractivity contribution in [2.75, 3.05) is 0 Å². The number of hydrogen-bond acceptors (Lipinski definition) is 3. The third-order valence-corrected chi connectivity index (χ3v) is 3.80. The Bertz CT molecular complexity index is 509. The molecule has 15 heavy (non-hydrogen) atoms. The number of primary amides is 1. The third kappa shape index (κ3) is 2.17. The Morgan fingerprint density at radius 3 is 2.93 bits per heavy atom. The smallest absolute Gasteiger partial charge is 0.258 e. The van der Waals surface area contributed by atoms with E-state index in [-0.39, 0.29) is 14.7 Å². The predicted octanol–water partition coefficient (Wildman–Crippen LogP) is 2.09. The van der Waals surface area contributed by atoms with E-state index in [4.69, 9.17) is 10.6 Å². The van der Waals surface area contributed by atoms with Crippen LogP contribution in [0.15, 0.2) is 24.3 Å². The maximum absolute atomic E-state index is 11.0. The molecule has 3 nitrogen and oxygen atoms in total. The number of carbonyl (C=O) groups is 1. The van der Waals surface area contributed by atoms with E-state index in [9.17, 15) is 4.79 Å². The van der Waals surface area contributed by atoms with Crippen molar-refractivity contribution in [1.82, 2.24) is 0 Å². The summed E-state index contributed by atoms with van der Waals surface area (Å²) in [5.41, 5.74) is 6.29. The monoisotopic (exact) mass is 239 g/mol. The Morgan fingerprint density at radius 1 is 1.47 bits per heavy atom. The molecular weight excluding hydrogens is 229 g/mol. The summed E-state index contributed by atoms with van der Waals surface area (Å²) in [7, 11) is -0.0798. The fraction of sp³-hybridized carbons (Fsp3) is 0.100. The van der Waals surface area contributed by atoms with Gasteiger partial charge in [-0.2, -0.15) is 0 Å². The van der Waals surface area contributed by atoms with E-state index < -0.39 is 0 Å². The normalized spacial score (nSPS) is 11.5. The number of amides is 1. The third-order valence-electron chi connectivity index (χ3n) is 2.11. The lowest BCUT2D eigenvalue weighted by Crippen LogP contribution is -2.07. The highest BCUT2D eigenvalue weighted by Crippen LogP contribution is 2.27. The summed E-state index contributed by atoms with van der Waals surface area (Å²) < 4.78 is 1.05. The van der Waals surface area contributed by atoms with Gasteiger partial charge in [-0.15, -0.1) is 11.3 Å². The minimum absolute atomic E-state index is 0.0798. The minimum atomic E-state index is -0.387. The molecule has 78 valence electrons. The maximum Gasteiger partial charge on any atom is 0.258 e. The number of nitrogens with two attached hydrogens (primary N) is 1. The molecule has 2 rings (SSSR count). The summed E-state index contributed by atoms with van der Waals surface area (Å²) >= 11 is 1.40. The molecule has 2 aromatic rings. The molecular formula is C10H10NO2PS. The molecule has 0 radical (unpaired) electrons. The number of rotatable bonds is 3. The van der Waals surface area contributed by atoms with Crippen molar-refractivity contribution in [1.29, 1.82) is 0 Å². The largest absolute Gasteiger partial charge is 0.377 e. The first-order chi connectivity index (χ1) is 7.20. The fourth-order valence-corrected chi connectivity index (χ4v) is 2.71. The molecule has 0 aliphatic heterocycles. The van der Waals surface area contributed by atoms with Gasteiger partial charge >= 0.3 is 0 Å². The minimum Gasteiger partial charge on any atom is -0.377 e. The molecule has 5 heteroatoms. The molecule has 1 heterocycles. The summed E-state index contributed by atoms with van der Waals surface area (Å²) in [4.78, 5) is 20.4. The lowest BCUT2D eigenvalue weighted by atomic mass is 10.2. The van der Waals surface area contributed by atoms with Crippen LogP contribution in [0.3, 0.4) is 0 Å². The first-order valence-electron chi connectivity index (χ1n) is 4.40. The summed E-state index contributed by atoms with van der Waals surface area (Å²) in [6.45, 7) is 0. The van der Waals surface area contributed by atoms with Crippen molar-refractivity contribution < 1.29 is 9.69 Å². The molecule has 1 atom stereocenters. The van der Waals surface area contributed by atoms with Gasteiger partial charge < -0.3 is 10.6 Å². The highest BCUT2D eigenvalue weighted by Gasteiger charge is 2.06. The molecule has 0 saturated heterocycles. The van der Waals surface area contributed by atoms with Gasteiger partial charge in [0.1, 0.15) is 0 Å². The average molecular weight is 239 g/mol. The van der Waals surface area contributed by atoms with Gasteiger partial charge in [-0.05, 0) is 29.1 Å². The lowest BCUT2D eigenvalue weighted by molar-refractivity contribution is 0.100. The Morgan fingerprint density at radius 2 is 2.27 bits per heavy atom. The molecule has 1 aromatic heterocycles. The van der Waals surface area contributed by atoms with E-state index >= 15 is 0 Å². The van der Waals surface area contributed by atoms with E-state index in [1.807, 2.05) is 18.2 Å². The number of fused-ring (bicyclic) bond motifs is 1. The van der Waals surface area contributed by atoms with Crippen LogP contribution in [0.2, 0.25) is 0 Å². The zero-order valence-corrected chi connectivity index (χ0v) is 9.67. The van der Waals surface area contributed by atoms with Crippen LogP contribution in [-0.2, 0) is 6.16 Å². The molecule has 1 aromatic carbocycles. The topological polar surface area (TPSA) is 63.3 Å². The summed E-state index contributed by atoms with van der Waals surface area (Å²) in [5.74, 6) is -0.387. The van der Waals surface area contributed by atoms with Gasteiger partial charge in [0.25, 0.3) is 5.91 Å². The van der Waals surface area contributed by atoms with E-state index in [1.165, 1.54) is 11.3 Å². The first-order valence-corrected chi connectivity index (χ1v) is 6.37. The van der Waals surface area contributed by atoms with Gasteiger partial charge in [0, 0.05) is 19.7 Å². The van der Waals surface area contributed by atoms with Gasteiger partial charge in [0.2, 0.25) is 0 Å². The molecule has 0 aliphatic rings. The maximum atomic E-state index is 11.0. The Labute approximate surface area is 92.8 Å². The highest BCUT2D eigenvalue weighted by molar-refractivity contribution is 7.30. The molecule has 0 aliphatic carbocycles. The second-order valence-electron chi connectivity index (χ2n) is 3.18. The van der Waals surface area contributed by atoms with Crippen molar-refractivity contribution in [2.24, 2.45) is 5.73 Å².